The Labute approximate surface area is 73.6 Å². The summed E-state index contributed by atoms with van der Waals surface area (Å²) in [5, 5.41) is 11.0. The van der Waals surface area contributed by atoms with Gasteiger partial charge in [0.1, 0.15) is 0 Å². The molecule has 1 amide bonds. The quantitative estimate of drug-likeness (QED) is 0.710. The zero-order chi connectivity index (χ0) is 9.84. The Bertz CT molecular complexity index is 330. The Morgan fingerprint density at radius 3 is 3.08 bits per heavy atom. The van der Waals surface area contributed by atoms with Gasteiger partial charge in [-0.25, -0.2) is 9.37 Å². The summed E-state index contributed by atoms with van der Waals surface area (Å²) in [5.41, 5.74) is 0. The molecule has 0 bridgehead atoms. The molecule has 1 aromatic rings. The molecule has 0 aliphatic heterocycles. The number of halogens is 1. The number of rotatable bonds is 2. The van der Waals surface area contributed by atoms with Crippen molar-refractivity contribution in [2.24, 2.45) is 0 Å². The second-order valence-corrected chi connectivity index (χ2v) is 2.27. The highest BCUT2D eigenvalue weighted by Crippen LogP contribution is 2.11. The van der Waals surface area contributed by atoms with E-state index in [-0.39, 0.29) is 18.1 Å². The van der Waals surface area contributed by atoms with E-state index >= 15 is 0 Å². The maximum Gasteiger partial charge on any atom is 0.316 e. The Morgan fingerprint density at radius 1 is 1.77 bits per heavy atom. The summed E-state index contributed by atoms with van der Waals surface area (Å²) in [6, 6.07) is -0.576. The number of aromatic nitrogens is 2. The molecule has 5 nitrogen and oxygen atoms in total. The topological polar surface area (TPSA) is 75.1 Å². The van der Waals surface area contributed by atoms with E-state index in [0.717, 1.165) is 6.20 Å². The first kappa shape index (κ1) is 9.37. The second kappa shape index (κ2) is 3.79. The van der Waals surface area contributed by atoms with Crippen LogP contribution in [0.1, 0.15) is 13.3 Å². The SMILES string of the molecule is CCC(=O)Nc1nc(O)ncc1F. The molecule has 0 atom stereocenters. The third-order valence-corrected chi connectivity index (χ3v) is 1.31. The highest BCUT2D eigenvalue weighted by Gasteiger charge is 2.08. The van der Waals surface area contributed by atoms with Gasteiger partial charge in [0.15, 0.2) is 11.6 Å². The highest BCUT2D eigenvalue weighted by atomic mass is 19.1. The molecule has 0 aromatic carbocycles. The molecule has 6 heteroatoms. The monoisotopic (exact) mass is 185 g/mol. The molecule has 0 aliphatic carbocycles. The minimum absolute atomic E-state index is 0.213. The Morgan fingerprint density at radius 2 is 2.46 bits per heavy atom. The maximum atomic E-state index is 12.8. The van der Waals surface area contributed by atoms with Crippen molar-refractivity contribution in [2.45, 2.75) is 13.3 Å². The highest BCUT2D eigenvalue weighted by molar-refractivity contribution is 5.89. The van der Waals surface area contributed by atoms with Crippen molar-refractivity contribution in [1.82, 2.24) is 9.97 Å². The molecular formula is C7H8FN3O2. The number of hydrogen-bond acceptors (Lipinski definition) is 4. The lowest BCUT2D eigenvalue weighted by atomic mass is 10.4. The van der Waals surface area contributed by atoms with E-state index in [4.69, 9.17) is 5.11 Å². The lowest BCUT2D eigenvalue weighted by Crippen LogP contribution is -2.12. The minimum atomic E-state index is -0.778. The Hall–Kier alpha value is -1.72. The van der Waals surface area contributed by atoms with E-state index in [1.165, 1.54) is 0 Å². The van der Waals surface area contributed by atoms with Gasteiger partial charge in [0.25, 0.3) is 0 Å². The first-order valence-electron chi connectivity index (χ1n) is 3.65. The predicted molar refractivity (Wildman–Crippen MR) is 42.6 cm³/mol. The van der Waals surface area contributed by atoms with Gasteiger partial charge in [-0.1, -0.05) is 6.92 Å². The molecule has 13 heavy (non-hydrogen) atoms. The summed E-state index contributed by atoms with van der Waals surface area (Å²) in [4.78, 5) is 17.3. The van der Waals surface area contributed by atoms with Gasteiger partial charge in [0.2, 0.25) is 5.91 Å². The minimum Gasteiger partial charge on any atom is -0.479 e. The number of anilines is 1. The van der Waals surface area contributed by atoms with Gasteiger partial charge < -0.3 is 10.4 Å². The van der Waals surface area contributed by atoms with Gasteiger partial charge in [-0.3, -0.25) is 4.79 Å². The fourth-order valence-electron chi connectivity index (χ4n) is 0.666. The van der Waals surface area contributed by atoms with Crippen LogP contribution in [0.5, 0.6) is 6.01 Å². The van der Waals surface area contributed by atoms with E-state index in [1.807, 2.05) is 0 Å². The lowest BCUT2D eigenvalue weighted by molar-refractivity contribution is -0.115. The lowest BCUT2D eigenvalue weighted by Gasteiger charge is -2.02. The van der Waals surface area contributed by atoms with Crippen LogP contribution in [0.4, 0.5) is 10.2 Å². The van der Waals surface area contributed by atoms with Crippen molar-refractivity contribution in [1.29, 1.82) is 0 Å². The molecule has 0 aliphatic rings. The average Bonchev–Trinajstić information content (AvgIpc) is 2.11. The number of hydrogen-bond donors (Lipinski definition) is 2. The molecule has 0 spiro atoms. The van der Waals surface area contributed by atoms with Crippen LogP contribution in [0.15, 0.2) is 6.20 Å². The summed E-state index contributed by atoms with van der Waals surface area (Å²) in [7, 11) is 0. The zero-order valence-electron chi connectivity index (χ0n) is 6.91. The molecule has 1 aromatic heterocycles. The largest absolute Gasteiger partial charge is 0.479 e. The van der Waals surface area contributed by atoms with E-state index in [1.54, 1.807) is 6.92 Å². The number of aromatic hydroxyl groups is 1. The Kier molecular flexibility index (Phi) is 2.73. The van der Waals surface area contributed by atoms with Crippen LogP contribution in [0.25, 0.3) is 0 Å². The van der Waals surface area contributed by atoms with Gasteiger partial charge in [-0.15, -0.1) is 0 Å². The number of amides is 1. The van der Waals surface area contributed by atoms with Crippen molar-refractivity contribution < 1.29 is 14.3 Å². The smallest absolute Gasteiger partial charge is 0.316 e. The second-order valence-electron chi connectivity index (χ2n) is 2.27. The first-order chi connectivity index (χ1) is 6.13. The van der Waals surface area contributed by atoms with Crippen LogP contribution < -0.4 is 5.32 Å². The average molecular weight is 185 g/mol. The fraction of sp³-hybridized carbons (Fsp3) is 0.286. The number of carbonyl (C=O) groups excluding carboxylic acids is 1. The van der Waals surface area contributed by atoms with E-state index < -0.39 is 11.8 Å². The molecule has 0 radical (unpaired) electrons. The zero-order valence-corrected chi connectivity index (χ0v) is 6.91. The number of nitrogens with zero attached hydrogens (tertiary/aromatic N) is 2. The maximum absolute atomic E-state index is 12.8. The normalized spacial score (nSPS) is 9.69. The van der Waals surface area contributed by atoms with E-state index in [2.05, 4.69) is 15.3 Å². The van der Waals surface area contributed by atoms with Crippen LogP contribution >= 0.6 is 0 Å². The molecule has 1 heterocycles. The van der Waals surface area contributed by atoms with Crippen LogP contribution in [-0.2, 0) is 4.79 Å². The van der Waals surface area contributed by atoms with Gasteiger partial charge in [-0.2, -0.15) is 4.98 Å². The Balaban J connectivity index is 2.87. The summed E-state index contributed by atoms with van der Waals surface area (Å²) in [6.07, 6.45) is 0.998. The van der Waals surface area contributed by atoms with E-state index in [9.17, 15) is 9.18 Å². The molecular weight excluding hydrogens is 177 g/mol. The summed E-state index contributed by atoms with van der Waals surface area (Å²) in [5.74, 6) is -1.46. The van der Waals surface area contributed by atoms with Crippen LogP contribution in [-0.4, -0.2) is 21.0 Å². The summed E-state index contributed by atoms with van der Waals surface area (Å²) in [6.45, 7) is 1.62. The summed E-state index contributed by atoms with van der Waals surface area (Å²) < 4.78 is 12.8. The fourth-order valence-corrected chi connectivity index (χ4v) is 0.666. The number of carbonyl (C=O) groups is 1. The van der Waals surface area contributed by atoms with Crippen LogP contribution in [0.3, 0.4) is 0 Å². The third-order valence-electron chi connectivity index (χ3n) is 1.31. The third kappa shape index (κ3) is 2.36. The predicted octanol–water partition coefficient (Wildman–Crippen LogP) is 0.670. The molecule has 0 unspecified atom stereocenters. The van der Waals surface area contributed by atoms with Gasteiger partial charge in [0.05, 0.1) is 6.20 Å². The van der Waals surface area contributed by atoms with Crippen molar-refractivity contribution in [3.05, 3.63) is 12.0 Å². The van der Waals surface area contributed by atoms with E-state index in [0.29, 0.717) is 0 Å². The van der Waals surface area contributed by atoms with Crippen LogP contribution in [0, 0.1) is 5.82 Å². The molecule has 1 rings (SSSR count). The molecule has 2 N–H and O–H groups in total. The van der Waals surface area contributed by atoms with Gasteiger partial charge in [-0.05, 0) is 0 Å². The first-order valence-corrected chi connectivity index (χ1v) is 3.65. The molecule has 0 fully saturated rings. The molecule has 70 valence electrons. The van der Waals surface area contributed by atoms with Crippen molar-refractivity contribution in [3.8, 4) is 6.01 Å². The van der Waals surface area contributed by atoms with Crippen molar-refractivity contribution >= 4 is 11.7 Å². The van der Waals surface area contributed by atoms with Crippen molar-refractivity contribution in [3.63, 3.8) is 0 Å². The summed E-state index contributed by atoms with van der Waals surface area (Å²) >= 11 is 0. The standard InChI is InChI=1S/C7H8FN3O2/c1-2-5(12)10-6-4(8)3-9-7(13)11-6/h3H,2H2,1H3,(H2,9,10,11,12,13). The van der Waals surface area contributed by atoms with Gasteiger partial charge in [0, 0.05) is 6.42 Å². The molecule has 0 saturated carbocycles. The number of nitrogens with one attached hydrogen (secondary N) is 1. The van der Waals surface area contributed by atoms with Gasteiger partial charge >= 0.3 is 6.01 Å². The van der Waals surface area contributed by atoms with Crippen LogP contribution in [0.2, 0.25) is 0 Å². The molecule has 0 saturated heterocycles. The van der Waals surface area contributed by atoms with Crippen molar-refractivity contribution in [2.75, 3.05) is 5.32 Å².